The van der Waals surface area contributed by atoms with E-state index in [-0.39, 0.29) is 17.9 Å². The molecule has 1 aromatic carbocycles. The maximum absolute atomic E-state index is 9.00. The molecule has 0 saturated carbocycles. The third-order valence-electron chi connectivity index (χ3n) is 2.63. The van der Waals surface area contributed by atoms with Crippen molar-refractivity contribution in [1.82, 2.24) is 24.5 Å². The number of aliphatic hydroxyl groups excluding tert-OH is 1. The lowest BCUT2D eigenvalue weighted by Gasteiger charge is -2.06. The van der Waals surface area contributed by atoms with Gasteiger partial charge >= 0.3 is 6.01 Å². The van der Waals surface area contributed by atoms with Crippen LogP contribution in [0.3, 0.4) is 0 Å². The molecule has 0 amide bonds. The first kappa shape index (κ1) is 13.5. The number of hydrogen-bond donors (Lipinski definition) is 1. The summed E-state index contributed by atoms with van der Waals surface area (Å²) in [5.41, 5.74) is 0.787. The van der Waals surface area contributed by atoms with Gasteiger partial charge in [0, 0.05) is 12.4 Å². The molecular formula is C13H10ClN5O2. The summed E-state index contributed by atoms with van der Waals surface area (Å²) >= 11 is 5.87. The first-order valence-corrected chi connectivity index (χ1v) is 6.40. The Bertz CT molecular complexity index is 731. The van der Waals surface area contributed by atoms with Crippen LogP contribution in [0.15, 0.2) is 43.0 Å². The Morgan fingerprint density at radius 2 is 1.95 bits per heavy atom. The largest absolute Gasteiger partial charge is 0.424 e. The summed E-state index contributed by atoms with van der Waals surface area (Å²) < 4.78 is 7.13. The third-order valence-corrected chi connectivity index (χ3v) is 2.80. The standard InChI is InChI=1S/C13H10ClN5O2/c14-11-16-12(19-6-5-15-8-19)18-13(17-11)21-10-3-1-9(7-20)2-4-10/h1-6,8,20H,7H2. The molecule has 106 valence electrons. The first-order chi connectivity index (χ1) is 10.2. The van der Waals surface area contributed by atoms with Crippen molar-refractivity contribution in [2.75, 3.05) is 0 Å². The Labute approximate surface area is 124 Å². The lowest BCUT2D eigenvalue weighted by Crippen LogP contribution is -2.03. The Morgan fingerprint density at radius 3 is 2.62 bits per heavy atom. The number of aliphatic hydroxyl groups is 1. The summed E-state index contributed by atoms with van der Waals surface area (Å²) in [4.78, 5) is 16.0. The molecule has 0 fully saturated rings. The minimum atomic E-state index is -0.0252. The van der Waals surface area contributed by atoms with Crippen LogP contribution in [0.2, 0.25) is 5.28 Å². The summed E-state index contributed by atoms with van der Waals surface area (Å²) in [7, 11) is 0. The zero-order valence-electron chi connectivity index (χ0n) is 10.7. The monoisotopic (exact) mass is 303 g/mol. The average molecular weight is 304 g/mol. The summed E-state index contributed by atoms with van der Waals surface area (Å²) in [6.07, 6.45) is 4.84. The van der Waals surface area contributed by atoms with Gasteiger partial charge < -0.3 is 9.84 Å². The molecule has 0 spiro atoms. The Hall–Kier alpha value is -2.51. The van der Waals surface area contributed by atoms with Crippen molar-refractivity contribution >= 4 is 11.6 Å². The molecule has 3 aromatic rings. The Kier molecular flexibility index (Phi) is 3.76. The zero-order valence-corrected chi connectivity index (χ0v) is 11.5. The average Bonchev–Trinajstić information content (AvgIpc) is 3.02. The SMILES string of the molecule is OCc1ccc(Oc2nc(Cl)nc(-n3ccnc3)n2)cc1. The molecule has 0 aliphatic carbocycles. The molecule has 0 aliphatic rings. The van der Waals surface area contributed by atoms with Crippen molar-refractivity contribution in [3.63, 3.8) is 0 Å². The van der Waals surface area contributed by atoms with Gasteiger partial charge in [0.25, 0.3) is 0 Å². The normalized spacial score (nSPS) is 10.6. The van der Waals surface area contributed by atoms with Crippen molar-refractivity contribution in [3.8, 4) is 17.7 Å². The van der Waals surface area contributed by atoms with Gasteiger partial charge in [-0.3, -0.25) is 4.57 Å². The maximum atomic E-state index is 9.00. The van der Waals surface area contributed by atoms with E-state index in [4.69, 9.17) is 21.4 Å². The van der Waals surface area contributed by atoms with Crippen LogP contribution in [-0.2, 0) is 6.61 Å². The second-order valence-electron chi connectivity index (χ2n) is 4.06. The number of benzene rings is 1. The van der Waals surface area contributed by atoms with Crippen molar-refractivity contribution in [1.29, 1.82) is 0 Å². The van der Waals surface area contributed by atoms with Crippen molar-refractivity contribution in [2.45, 2.75) is 6.61 Å². The quantitative estimate of drug-likeness (QED) is 0.793. The Morgan fingerprint density at radius 1 is 1.14 bits per heavy atom. The van der Waals surface area contributed by atoms with Gasteiger partial charge in [0.1, 0.15) is 12.1 Å². The Balaban J connectivity index is 1.88. The van der Waals surface area contributed by atoms with Crippen LogP contribution in [0.1, 0.15) is 5.56 Å². The number of ether oxygens (including phenoxy) is 1. The number of aromatic nitrogens is 5. The van der Waals surface area contributed by atoms with Crippen LogP contribution in [0.5, 0.6) is 11.8 Å². The molecule has 7 nitrogen and oxygen atoms in total. The number of halogens is 1. The van der Waals surface area contributed by atoms with E-state index in [1.165, 1.54) is 0 Å². The highest BCUT2D eigenvalue weighted by atomic mass is 35.5. The van der Waals surface area contributed by atoms with E-state index >= 15 is 0 Å². The van der Waals surface area contributed by atoms with E-state index in [0.717, 1.165) is 5.56 Å². The van der Waals surface area contributed by atoms with Crippen molar-refractivity contribution in [2.24, 2.45) is 0 Å². The van der Waals surface area contributed by atoms with Crippen LogP contribution in [-0.4, -0.2) is 29.6 Å². The van der Waals surface area contributed by atoms with E-state index in [0.29, 0.717) is 11.7 Å². The fraction of sp³-hybridized carbons (Fsp3) is 0.0769. The molecule has 0 aliphatic heterocycles. The molecule has 3 rings (SSSR count). The molecule has 8 heteroatoms. The predicted molar refractivity (Wildman–Crippen MR) is 74.4 cm³/mol. The molecule has 1 N–H and O–H groups in total. The summed E-state index contributed by atoms with van der Waals surface area (Å²) in [6, 6.07) is 6.99. The van der Waals surface area contributed by atoms with E-state index < -0.39 is 0 Å². The van der Waals surface area contributed by atoms with Gasteiger partial charge in [-0.2, -0.15) is 15.0 Å². The molecule has 0 bridgehead atoms. The lowest BCUT2D eigenvalue weighted by atomic mass is 10.2. The molecule has 0 radical (unpaired) electrons. The van der Waals surface area contributed by atoms with Crippen LogP contribution in [0.4, 0.5) is 0 Å². The van der Waals surface area contributed by atoms with Crippen molar-refractivity contribution in [3.05, 3.63) is 53.8 Å². The van der Waals surface area contributed by atoms with Crippen LogP contribution in [0.25, 0.3) is 5.95 Å². The summed E-state index contributed by atoms with van der Waals surface area (Å²) in [5.74, 6) is 0.848. The molecule has 2 aromatic heterocycles. The molecule has 0 atom stereocenters. The molecular weight excluding hydrogens is 294 g/mol. The predicted octanol–water partition coefficient (Wildman–Crippen LogP) is 2.00. The van der Waals surface area contributed by atoms with Gasteiger partial charge in [-0.25, -0.2) is 4.98 Å². The van der Waals surface area contributed by atoms with Crippen LogP contribution >= 0.6 is 11.6 Å². The molecule has 0 unspecified atom stereocenters. The highest BCUT2D eigenvalue weighted by molar-refractivity contribution is 6.28. The fourth-order valence-corrected chi connectivity index (χ4v) is 1.78. The third kappa shape index (κ3) is 3.15. The summed E-state index contributed by atoms with van der Waals surface area (Å²) in [6.45, 7) is -0.0252. The second kappa shape index (κ2) is 5.86. The first-order valence-electron chi connectivity index (χ1n) is 6.02. The highest BCUT2D eigenvalue weighted by Crippen LogP contribution is 2.20. The van der Waals surface area contributed by atoms with Gasteiger partial charge in [0.2, 0.25) is 11.2 Å². The smallest absolute Gasteiger partial charge is 0.328 e. The minimum Gasteiger partial charge on any atom is -0.424 e. The molecule has 2 heterocycles. The second-order valence-corrected chi connectivity index (χ2v) is 4.40. The topological polar surface area (TPSA) is 86.0 Å². The van der Waals surface area contributed by atoms with Gasteiger partial charge in [0.15, 0.2) is 0 Å². The van der Waals surface area contributed by atoms with Gasteiger partial charge in [-0.1, -0.05) is 12.1 Å². The summed E-state index contributed by atoms with van der Waals surface area (Å²) in [5, 5.41) is 9.02. The highest BCUT2D eigenvalue weighted by Gasteiger charge is 2.08. The molecule has 0 saturated heterocycles. The number of hydrogen-bond acceptors (Lipinski definition) is 6. The van der Waals surface area contributed by atoms with Crippen molar-refractivity contribution < 1.29 is 9.84 Å². The van der Waals surface area contributed by atoms with Crippen LogP contribution in [0, 0.1) is 0 Å². The fourth-order valence-electron chi connectivity index (χ4n) is 1.63. The number of imidazole rings is 1. The van der Waals surface area contributed by atoms with Crippen LogP contribution < -0.4 is 4.74 Å². The number of nitrogens with zero attached hydrogens (tertiary/aromatic N) is 5. The zero-order chi connectivity index (χ0) is 14.7. The lowest BCUT2D eigenvalue weighted by molar-refractivity contribution is 0.281. The van der Waals surface area contributed by atoms with E-state index in [1.807, 2.05) is 0 Å². The van der Waals surface area contributed by atoms with Gasteiger partial charge in [0.05, 0.1) is 6.61 Å². The van der Waals surface area contributed by atoms with E-state index in [2.05, 4.69) is 19.9 Å². The van der Waals surface area contributed by atoms with E-state index in [9.17, 15) is 0 Å². The minimum absolute atomic E-state index is 0.0238. The maximum Gasteiger partial charge on any atom is 0.328 e. The molecule has 21 heavy (non-hydrogen) atoms. The number of rotatable bonds is 4. The van der Waals surface area contributed by atoms with Gasteiger partial charge in [-0.15, -0.1) is 0 Å². The van der Waals surface area contributed by atoms with E-state index in [1.54, 1.807) is 47.6 Å². The van der Waals surface area contributed by atoms with Gasteiger partial charge in [-0.05, 0) is 29.3 Å².